The van der Waals surface area contributed by atoms with Crippen molar-refractivity contribution < 1.29 is 9.59 Å². The Balaban J connectivity index is 1.25. The van der Waals surface area contributed by atoms with Gasteiger partial charge in [-0.25, -0.2) is 0 Å². The first kappa shape index (κ1) is 23.9. The average molecular weight is 480 g/mol. The zero-order valence-corrected chi connectivity index (χ0v) is 19.8. The van der Waals surface area contributed by atoms with Crippen LogP contribution in [0.4, 0.5) is 11.4 Å². The maximum Gasteiger partial charge on any atom is 0.250 e. The summed E-state index contributed by atoms with van der Waals surface area (Å²) in [6.45, 7) is 0. The fourth-order valence-corrected chi connectivity index (χ4v) is 3.86. The average Bonchev–Trinajstić information content (AvgIpc) is 2.88. The largest absolute Gasteiger partial charge is 0.332 e. The molecule has 0 heterocycles. The molecular weight excluding hydrogens is 454 g/mol. The zero-order valence-electron chi connectivity index (χ0n) is 19.0. The maximum absolute atomic E-state index is 12.3. The first-order valence-corrected chi connectivity index (χ1v) is 11.7. The lowest BCUT2D eigenvalue weighted by Gasteiger charge is -2.10. The third-order valence-corrected chi connectivity index (χ3v) is 5.59. The summed E-state index contributed by atoms with van der Waals surface area (Å²) in [5, 5.41) is 10.9. The lowest BCUT2D eigenvalue weighted by molar-refractivity contribution is -0.116. The number of rotatable bonds is 7. The van der Waals surface area contributed by atoms with E-state index in [9.17, 15) is 9.59 Å². The van der Waals surface area contributed by atoms with Crippen molar-refractivity contribution >= 4 is 57.4 Å². The van der Waals surface area contributed by atoms with Crippen LogP contribution in [0.5, 0.6) is 0 Å². The molecule has 0 bridgehead atoms. The van der Waals surface area contributed by atoms with Gasteiger partial charge >= 0.3 is 0 Å². The topological polar surface area (TPSA) is 70.2 Å². The minimum absolute atomic E-state index is 0.0460. The van der Waals surface area contributed by atoms with Crippen LogP contribution in [-0.4, -0.2) is 16.9 Å². The number of thiocarbonyl (C=S) groups is 1. The number of nitrogens with one attached hydrogen (secondary N) is 3. The Morgan fingerprint density at radius 3 is 2.17 bits per heavy atom. The number of anilines is 2. The molecule has 0 atom stereocenters. The van der Waals surface area contributed by atoms with Crippen molar-refractivity contribution in [2.75, 3.05) is 10.6 Å². The van der Waals surface area contributed by atoms with Crippen molar-refractivity contribution in [2.24, 2.45) is 0 Å². The second-order valence-electron chi connectivity index (χ2n) is 7.96. The standard InChI is InChI=1S/C29H25N3O2S/c33-27(19-13-21-7-2-1-3-8-21)30-24-15-17-25(18-16-24)31-29(35)32-28(34)20-14-23-11-6-10-22-9-4-5-12-26(22)23/h1-12,14-18,20H,13,19H2,(H,30,33)(H2,31,32,34,35)/b20-14+. The molecule has 0 saturated carbocycles. The van der Waals surface area contributed by atoms with Gasteiger partial charge in [0.25, 0.3) is 0 Å². The summed E-state index contributed by atoms with van der Waals surface area (Å²) in [7, 11) is 0. The molecule has 0 radical (unpaired) electrons. The summed E-state index contributed by atoms with van der Waals surface area (Å²) >= 11 is 5.26. The number of fused-ring (bicyclic) bond motifs is 1. The van der Waals surface area contributed by atoms with Crippen molar-refractivity contribution in [3.05, 3.63) is 114 Å². The number of amides is 2. The lowest BCUT2D eigenvalue weighted by atomic mass is 10.0. The van der Waals surface area contributed by atoms with Crippen molar-refractivity contribution in [1.29, 1.82) is 0 Å². The SMILES string of the molecule is O=C(/C=C/c1cccc2ccccc12)NC(=S)Nc1ccc(NC(=O)CCc2ccccc2)cc1. The predicted octanol–water partition coefficient (Wildman–Crippen LogP) is 5.94. The highest BCUT2D eigenvalue weighted by Crippen LogP contribution is 2.19. The van der Waals surface area contributed by atoms with Crippen LogP contribution >= 0.6 is 12.2 Å². The number of aryl methyl sites for hydroxylation is 1. The van der Waals surface area contributed by atoms with Gasteiger partial charge in [-0.15, -0.1) is 0 Å². The normalized spacial score (nSPS) is 10.7. The molecule has 5 nitrogen and oxygen atoms in total. The summed E-state index contributed by atoms with van der Waals surface area (Å²) in [5.41, 5.74) is 3.49. The Morgan fingerprint density at radius 2 is 1.40 bits per heavy atom. The van der Waals surface area contributed by atoms with Gasteiger partial charge in [-0.3, -0.25) is 14.9 Å². The molecule has 0 aliphatic carbocycles. The van der Waals surface area contributed by atoms with Crippen LogP contribution in [-0.2, 0) is 16.0 Å². The molecule has 4 aromatic rings. The summed E-state index contributed by atoms with van der Waals surface area (Å²) in [5.74, 6) is -0.368. The Labute approximate surface area is 209 Å². The molecule has 0 unspecified atom stereocenters. The third-order valence-electron chi connectivity index (χ3n) is 5.38. The van der Waals surface area contributed by atoms with Gasteiger partial charge in [0.05, 0.1) is 0 Å². The van der Waals surface area contributed by atoms with E-state index in [0.717, 1.165) is 21.9 Å². The molecule has 3 N–H and O–H groups in total. The summed E-state index contributed by atoms with van der Waals surface area (Å²) in [6, 6.07) is 31.0. The van der Waals surface area contributed by atoms with Crippen LogP contribution in [0.3, 0.4) is 0 Å². The quantitative estimate of drug-likeness (QED) is 0.227. The van der Waals surface area contributed by atoms with E-state index in [1.807, 2.05) is 72.8 Å². The predicted molar refractivity (Wildman–Crippen MR) is 147 cm³/mol. The molecule has 0 saturated heterocycles. The molecule has 6 heteroatoms. The maximum atomic E-state index is 12.3. The molecule has 0 fully saturated rings. The second-order valence-corrected chi connectivity index (χ2v) is 8.36. The van der Waals surface area contributed by atoms with Gasteiger partial charge in [0, 0.05) is 23.9 Å². The fraction of sp³-hybridized carbons (Fsp3) is 0.0690. The molecule has 0 spiro atoms. The van der Waals surface area contributed by atoms with Crippen LogP contribution in [0.1, 0.15) is 17.5 Å². The van der Waals surface area contributed by atoms with Crippen LogP contribution in [0.25, 0.3) is 16.8 Å². The van der Waals surface area contributed by atoms with Crippen LogP contribution in [0.2, 0.25) is 0 Å². The highest BCUT2D eigenvalue weighted by molar-refractivity contribution is 7.80. The summed E-state index contributed by atoms with van der Waals surface area (Å²) in [6.07, 6.45) is 4.33. The van der Waals surface area contributed by atoms with Crippen molar-refractivity contribution in [1.82, 2.24) is 5.32 Å². The van der Waals surface area contributed by atoms with Crippen molar-refractivity contribution in [3.63, 3.8) is 0 Å². The van der Waals surface area contributed by atoms with Crippen LogP contribution in [0.15, 0.2) is 103 Å². The van der Waals surface area contributed by atoms with E-state index in [1.54, 1.807) is 30.3 Å². The molecule has 35 heavy (non-hydrogen) atoms. The van der Waals surface area contributed by atoms with Crippen molar-refractivity contribution in [2.45, 2.75) is 12.8 Å². The number of hydrogen-bond donors (Lipinski definition) is 3. The lowest BCUT2D eigenvalue weighted by Crippen LogP contribution is -2.32. The Morgan fingerprint density at radius 1 is 0.743 bits per heavy atom. The highest BCUT2D eigenvalue weighted by atomic mass is 32.1. The van der Waals surface area contributed by atoms with Gasteiger partial charge in [0.15, 0.2) is 5.11 Å². The Kier molecular flexibility index (Phi) is 7.99. The van der Waals surface area contributed by atoms with Gasteiger partial charge in [-0.1, -0.05) is 72.8 Å². The second kappa shape index (κ2) is 11.7. The van der Waals surface area contributed by atoms with E-state index in [-0.39, 0.29) is 16.9 Å². The summed E-state index contributed by atoms with van der Waals surface area (Å²) in [4.78, 5) is 24.5. The molecule has 0 aromatic heterocycles. The van der Waals surface area contributed by atoms with Crippen molar-refractivity contribution in [3.8, 4) is 0 Å². The highest BCUT2D eigenvalue weighted by Gasteiger charge is 2.05. The molecule has 4 aromatic carbocycles. The fourth-order valence-electron chi connectivity index (χ4n) is 3.64. The zero-order chi connectivity index (χ0) is 24.5. The molecular formula is C29H25N3O2S. The van der Waals surface area contributed by atoms with Gasteiger partial charge in [-0.2, -0.15) is 0 Å². The monoisotopic (exact) mass is 479 g/mol. The molecule has 2 amide bonds. The number of carbonyl (C=O) groups excluding carboxylic acids is 2. The third kappa shape index (κ3) is 7.09. The first-order valence-electron chi connectivity index (χ1n) is 11.3. The Hall–Kier alpha value is -4.29. The van der Waals surface area contributed by atoms with E-state index in [1.165, 1.54) is 6.08 Å². The van der Waals surface area contributed by atoms with Crippen LogP contribution < -0.4 is 16.0 Å². The summed E-state index contributed by atoms with van der Waals surface area (Å²) < 4.78 is 0. The van der Waals surface area contributed by atoms with Gasteiger partial charge < -0.3 is 10.6 Å². The van der Waals surface area contributed by atoms with Gasteiger partial charge in [0.1, 0.15) is 0 Å². The first-order chi connectivity index (χ1) is 17.1. The van der Waals surface area contributed by atoms with Gasteiger partial charge in [0.2, 0.25) is 11.8 Å². The van der Waals surface area contributed by atoms with Crippen LogP contribution in [0, 0.1) is 0 Å². The van der Waals surface area contributed by atoms with E-state index >= 15 is 0 Å². The molecule has 0 aliphatic heterocycles. The minimum Gasteiger partial charge on any atom is -0.332 e. The Bertz CT molecular complexity index is 1360. The smallest absolute Gasteiger partial charge is 0.250 e. The molecule has 174 valence electrons. The van der Waals surface area contributed by atoms with Gasteiger partial charge in [-0.05, 0) is 70.9 Å². The number of benzene rings is 4. The van der Waals surface area contributed by atoms with E-state index < -0.39 is 0 Å². The number of hydrogen-bond acceptors (Lipinski definition) is 3. The minimum atomic E-state index is -0.322. The van der Waals surface area contributed by atoms with E-state index in [0.29, 0.717) is 24.2 Å². The number of carbonyl (C=O) groups is 2. The molecule has 0 aliphatic rings. The van der Waals surface area contributed by atoms with E-state index in [2.05, 4.69) is 16.0 Å². The van der Waals surface area contributed by atoms with E-state index in [4.69, 9.17) is 12.2 Å². The molecule has 4 rings (SSSR count).